The van der Waals surface area contributed by atoms with Crippen molar-refractivity contribution in [2.45, 2.75) is 53.1 Å². The van der Waals surface area contributed by atoms with E-state index in [1.807, 2.05) is 0 Å². The van der Waals surface area contributed by atoms with Gasteiger partial charge < -0.3 is 18.9 Å². The number of esters is 4. The minimum Gasteiger partial charge on any atom is -0.422 e. The normalized spacial score (nSPS) is 10.3. The van der Waals surface area contributed by atoms with E-state index in [1.165, 1.54) is 49.3 Å². The Morgan fingerprint density at radius 2 is 0.781 bits per heavy atom. The summed E-state index contributed by atoms with van der Waals surface area (Å²) in [6.45, 7) is 19.9. The molecule has 0 aromatic carbocycles. The molecular formula is C22H30O8S2. The number of hydrogen-bond donors (Lipinski definition) is 0. The lowest BCUT2D eigenvalue weighted by Gasteiger charge is -2.19. The Hall–Kier alpha value is -2.46. The molecule has 0 aromatic heterocycles. The molecule has 178 valence electrons. The maximum atomic E-state index is 11.7. The van der Waals surface area contributed by atoms with Crippen LogP contribution >= 0.6 is 21.6 Å². The predicted octanol–water partition coefficient (Wildman–Crippen LogP) is 4.28. The van der Waals surface area contributed by atoms with Crippen molar-refractivity contribution in [1.29, 1.82) is 0 Å². The van der Waals surface area contributed by atoms with Crippen LogP contribution in [0.5, 0.6) is 0 Å². The highest BCUT2D eigenvalue weighted by Gasteiger charge is 2.21. The second-order valence-corrected chi connectivity index (χ2v) is 9.53. The minimum atomic E-state index is -1.07. The fraction of sp³-hybridized carbons (Fsp3) is 0.455. The quantitative estimate of drug-likeness (QED) is 0.109. The molecular weight excluding hydrogens is 456 g/mol. The zero-order valence-corrected chi connectivity index (χ0v) is 20.5. The van der Waals surface area contributed by atoms with E-state index in [4.69, 9.17) is 18.9 Å². The fourth-order valence-electron chi connectivity index (χ4n) is 1.57. The highest BCUT2D eigenvalue weighted by Crippen LogP contribution is 2.25. The molecule has 8 nitrogen and oxygen atoms in total. The van der Waals surface area contributed by atoms with Gasteiger partial charge in [-0.3, -0.25) is 0 Å². The summed E-state index contributed by atoms with van der Waals surface area (Å²) in [4.78, 5) is 47.0. The van der Waals surface area contributed by atoms with Gasteiger partial charge in [-0.05, 0) is 27.7 Å². The largest absolute Gasteiger partial charge is 0.422 e. The second-order valence-electron chi connectivity index (χ2n) is 6.82. The molecule has 0 amide bonds. The third-order valence-corrected chi connectivity index (χ3v) is 5.78. The van der Waals surface area contributed by atoms with Crippen molar-refractivity contribution < 1.29 is 38.1 Å². The van der Waals surface area contributed by atoms with Gasteiger partial charge in [0.15, 0.2) is 0 Å². The molecule has 0 bridgehead atoms. The molecule has 0 radical (unpaired) electrons. The van der Waals surface area contributed by atoms with Crippen LogP contribution in [0.15, 0.2) is 48.6 Å². The maximum Gasteiger partial charge on any atom is 0.336 e. The van der Waals surface area contributed by atoms with Gasteiger partial charge in [-0.1, -0.05) is 47.9 Å². The van der Waals surface area contributed by atoms with Gasteiger partial charge in [-0.25, -0.2) is 19.2 Å². The van der Waals surface area contributed by atoms with Crippen LogP contribution in [0, 0.1) is 0 Å². The Morgan fingerprint density at radius 1 is 0.562 bits per heavy atom. The average Bonchev–Trinajstić information content (AvgIpc) is 2.69. The summed E-state index contributed by atoms with van der Waals surface area (Å²) in [5.74, 6) is -1.70. The Morgan fingerprint density at radius 3 is 0.969 bits per heavy atom. The summed E-state index contributed by atoms with van der Waals surface area (Å²) >= 11 is 0. The molecule has 0 saturated carbocycles. The lowest BCUT2D eigenvalue weighted by molar-refractivity contribution is -0.184. The molecule has 0 atom stereocenters. The summed E-state index contributed by atoms with van der Waals surface area (Å²) in [5.41, 5.74) is 0.734. The Balaban J connectivity index is 4.62. The van der Waals surface area contributed by atoms with Gasteiger partial charge in [0.25, 0.3) is 0 Å². The van der Waals surface area contributed by atoms with E-state index in [9.17, 15) is 19.2 Å². The van der Waals surface area contributed by atoms with Crippen molar-refractivity contribution in [1.82, 2.24) is 0 Å². The van der Waals surface area contributed by atoms with Crippen molar-refractivity contribution in [2.75, 3.05) is 11.5 Å². The first kappa shape index (κ1) is 29.5. The van der Waals surface area contributed by atoms with Crippen LogP contribution in [0.4, 0.5) is 0 Å². The van der Waals surface area contributed by atoms with Gasteiger partial charge in [0, 0.05) is 46.6 Å². The molecule has 0 spiro atoms. The Bertz CT molecular complexity index is 652. The zero-order chi connectivity index (χ0) is 24.8. The highest BCUT2D eigenvalue weighted by molar-refractivity contribution is 8.76. The number of carbonyl (C=O) groups is 4. The van der Waals surface area contributed by atoms with Gasteiger partial charge in [0.2, 0.25) is 12.6 Å². The molecule has 0 rings (SSSR count). The lowest BCUT2D eigenvalue weighted by atomic mass is 10.3. The first-order chi connectivity index (χ1) is 14.8. The van der Waals surface area contributed by atoms with Crippen molar-refractivity contribution in [3.05, 3.63) is 48.6 Å². The van der Waals surface area contributed by atoms with E-state index in [2.05, 4.69) is 26.3 Å². The van der Waals surface area contributed by atoms with Crippen LogP contribution in [-0.4, -0.2) is 48.0 Å². The summed E-state index contributed by atoms with van der Waals surface area (Å²) < 4.78 is 20.5. The smallest absolute Gasteiger partial charge is 0.336 e. The van der Waals surface area contributed by atoms with E-state index >= 15 is 0 Å². The molecule has 10 heteroatoms. The topological polar surface area (TPSA) is 105 Å². The van der Waals surface area contributed by atoms with Crippen molar-refractivity contribution in [3.63, 3.8) is 0 Å². The third-order valence-electron chi connectivity index (χ3n) is 3.30. The fourth-order valence-corrected chi connectivity index (χ4v) is 3.67. The van der Waals surface area contributed by atoms with E-state index in [1.54, 1.807) is 0 Å². The van der Waals surface area contributed by atoms with Crippen molar-refractivity contribution in [3.8, 4) is 0 Å². The number of carbonyl (C=O) groups excluding carboxylic acids is 4. The van der Waals surface area contributed by atoms with Crippen LogP contribution in [0.1, 0.15) is 40.5 Å². The van der Waals surface area contributed by atoms with Crippen LogP contribution in [0.3, 0.4) is 0 Å². The SMILES string of the molecule is C=C(C)C(=O)OC(CCSSCCC(OC(=O)C(=C)C)OC(=O)C(=C)C)OC(=O)C(=C)C. The number of rotatable bonds is 15. The van der Waals surface area contributed by atoms with Gasteiger partial charge in [-0.15, -0.1) is 0 Å². The summed E-state index contributed by atoms with van der Waals surface area (Å²) in [6.07, 6.45) is -1.65. The molecule has 0 aliphatic rings. The van der Waals surface area contributed by atoms with Crippen LogP contribution in [-0.2, 0) is 38.1 Å². The van der Waals surface area contributed by atoms with Crippen molar-refractivity contribution in [2.24, 2.45) is 0 Å². The number of hydrogen-bond acceptors (Lipinski definition) is 10. The first-order valence-corrected chi connectivity index (χ1v) is 12.0. The van der Waals surface area contributed by atoms with Gasteiger partial charge in [-0.2, -0.15) is 0 Å². The van der Waals surface area contributed by atoms with Gasteiger partial charge >= 0.3 is 23.9 Å². The van der Waals surface area contributed by atoms with Gasteiger partial charge in [0.05, 0.1) is 0 Å². The molecule has 0 fully saturated rings. The summed E-state index contributed by atoms with van der Waals surface area (Å²) in [7, 11) is 2.84. The monoisotopic (exact) mass is 486 g/mol. The van der Waals surface area contributed by atoms with Crippen LogP contribution in [0.25, 0.3) is 0 Å². The molecule has 0 heterocycles. The molecule has 0 saturated heterocycles. The van der Waals surface area contributed by atoms with E-state index in [-0.39, 0.29) is 35.1 Å². The minimum absolute atomic E-state index is 0.183. The zero-order valence-electron chi connectivity index (χ0n) is 18.9. The van der Waals surface area contributed by atoms with Gasteiger partial charge in [0.1, 0.15) is 0 Å². The molecule has 0 unspecified atom stereocenters. The lowest BCUT2D eigenvalue weighted by Crippen LogP contribution is -2.26. The van der Waals surface area contributed by atoms with E-state index in [0.29, 0.717) is 11.5 Å². The molecule has 0 N–H and O–H groups in total. The molecule has 0 aliphatic heterocycles. The third kappa shape index (κ3) is 13.1. The predicted molar refractivity (Wildman–Crippen MR) is 125 cm³/mol. The molecule has 32 heavy (non-hydrogen) atoms. The molecule has 0 aliphatic carbocycles. The summed E-state index contributed by atoms with van der Waals surface area (Å²) in [5, 5.41) is 0. The Kier molecular flexibility index (Phi) is 14.2. The second kappa shape index (κ2) is 15.4. The van der Waals surface area contributed by atoms with Crippen LogP contribution in [0.2, 0.25) is 0 Å². The molecule has 0 aromatic rings. The van der Waals surface area contributed by atoms with E-state index < -0.39 is 36.5 Å². The summed E-state index contributed by atoms with van der Waals surface area (Å²) in [6, 6.07) is 0. The number of ether oxygens (including phenoxy) is 4. The van der Waals surface area contributed by atoms with Crippen molar-refractivity contribution >= 4 is 45.5 Å². The maximum absolute atomic E-state index is 11.7. The first-order valence-electron chi connectivity index (χ1n) is 9.55. The standard InChI is InChI=1S/C22H30O8S2/c1-13(2)19(23)27-17(28-20(24)14(3)4)9-11-31-32-12-10-18(29-21(25)15(5)6)30-22(26)16(7)8/h17-18H,1,3,5,7,9-12H2,2,4,6,8H3. The van der Waals surface area contributed by atoms with E-state index in [0.717, 1.165) is 0 Å². The Labute approximate surface area is 196 Å². The van der Waals surface area contributed by atoms with Crippen LogP contribution < -0.4 is 0 Å². The highest BCUT2D eigenvalue weighted by atomic mass is 33.1. The average molecular weight is 487 g/mol.